The lowest BCUT2D eigenvalue weighted by Gasteiger charge is -2.37. The van der Waals surface area contributed by atoms with Gasteiger partial charge < -0.3 is 15.2 Å². The highest BCUT2D eigenvalue weighted by atomic mass is 16.5. The van der Waals surface area contributed by atoms with Crippen LogP contribution < -0.4 is 10.5 Å². The van der Waals surface area contributed by atoms with Crippen molar-refractivity contribution in [3.8, 4) is 16.9 Å². The van der Waals surface area contributed by atoms with Crippen LogP contribution in [0.4, 0.5) is 5.82 Å². The van der Waals surface area contributed by atoms with Gasteiger partial charge in [0.15, 0.2) is 0 Å². The van der Waals surface area contributed by atoms with Crippen molar-refractivity contribution < 1.29 is 9.47 Å². The second kappa shape index (κ2) is 4.83. The molecule has 106 valence electrons. The zero-order chi connectivity index (χ0) is 14.2. The van der Waals surface area contributed by atoms with Crippen molar-refractivity contribution >= 4 is 5.82 Å². The number of nitrogen functional groups attached to an aromatic ring is 1. The topological polar surface area (TPSA) is 62.3 Å². The lowest BCUT2D eigenvalue weighted by molar-refractivity contribution is -0.120. The Hall–Kier alpha value is -2.01. The molecule has 5 heteroatoms. The van der Waals surface area contributed by atoms with Gasteiger partial charge in [-0.2, -0.15) is 5.10 Å². The van der Waals surface area contributed by atoms with Gasteiger partial charge in [0, 0.05) is 18.0 Å². The van der Waals surface area contributed by atoms with Crippen LogP contribution in [0.1, 0.15) is 6.92 Å². The summed E-state index contributed by atoms with van der Waals surface area (Å²) >= 11 is 0. The van der Waals surface area contributed by atoms with Gasteiger partial charge in [-0.25, -0.2) is 0 Å². The van der Waals surface area contributed by atoms with Gasteiger partial charge >= 0.3 is 0 Å². The van der Waals surface area contributed by atoms with Crippen molar-refractivity contribution in [3.05, 3.63) is 30.5 Å². The highest BCUT2D eigenvalue weighted by Crippen LogP contribution is 2.30. The summed E-state index contributed by atoms with van der Waals surface area (Å²) in [4.78, 5) is 0. The molecule has 0 amide bonds. The van der Waals surface area contributed by atoms with Gasteiger partial charge in [0.25, 0.3) is 0 Å². The molecule has 0 spiro atoms. The molecule has 1 aromatic heterocycles. The minimum Gasteiger partial charge on any atom is -0.493 e. The Balaban J connectivity index is 1.77. The molecule has 0 aliphatic carbocycles. The van der Waals surface area contributed by atoms with Crippen LogP contribution in [0, 0.1) is 5.41 Å². The average Bonchev–Trinajstić information content (AvgIpc) is 2.75. The fourth-order valence-electron chi connectivity index (χ4n) is 2.21. The summed E-state index contributed by atoms with van der Waals surface area (Å²) in [5.74, 6) is 1.50. The number of benzene rings is 1. The monoisotopic (exact) mass is 273 g/mol. The van der Waals surface area contributed by atoms with E-state index in [-0.39, 0.29) is 5.41 Å². The number of rotatable bonds is 4. The molecule has 1 aliphatic rings. The van der Waals surface area contributed by atoms with Gasteiger partial charge in [-0.1, -0.05) is 19.1 Å². The lowest BCUT2D eigenvalue weighted by Crippen LogP contribution is -2.44. The molecular formula is C15H19N3O2. The Labute approximate surface area is 118 Å². The molecule has 0 radical (unpaired) electrons. The molecule has 5 nitrogen and oxygen atoms in total. The summed E-state index contributed by atoms with van der Waals surface area (Å²) < 4.78 is 12.8. The SMILES string of the molecule is Cn1ncc(-c2cccc(OCC3(C)COC3)c2)c1N. The van der Waals surface area contributed by atoms with E-state index < -0.39 is 0 Å². The van der Waals surface area contributed by atoms with Crippen LogP contribution in [-0.4, -0.2) is 29.6 Å². The number of nitrogens with zero attached hydrogens (tertiary/aromatic N) is 2. The van der Waals surface area contributed by atoms with Gasteiger partial charge in [-0.15, -0.1) is 0 Å². The second-order valence-corrected chi connectivity index (χ2v) is 5.69. The molecule has 2 aromatic rings. The highest BCUT2D eigenvalue weighted by molar-refractivity contribution is 5.74. The first-order chi connectivity index (χ1) is 9.57. The van der Waals surface area contributed by atoms with Gasteiger partial charge in [-0.3, -0.25) is 4.68 Å². The number of aryl methyl sites for hydroxylation is 1. The first-order valence-electron chi connectivity index (χ1n) is 6.66. The standard InChI is InChI=1S/C15H19N3O2/c1-15(8-19-9-15)10-20-12-5-3-4-11(6-12)13-7-17-18(2)14(13)16/h3-7H,8-10,16H2,1-2H3. The maximum atomic E-state index is 6.00. The summed E-state index contributed by atoms with van der Waals surface area (Å²) in [5.41, 5.74) is 8.09. The van der Waals surface area contributed by atoms with Gasteiger partial charge in [0.1, 0.15) is 11.6 Å². The quantitative estimate of drug-likeness (QED) is 0.926. The van der Waals surface area contributed by atoms with Crippen molar-refractivity contribution in [2.75, 3.05) is 25.6 Å². The second-order valence-electron chi connectivity index (χ2n) is 5.69. The van der Waals surface area contributed by atoms with Crippen molar-refractivity contribution in [3.63, 3.8) is 0 Å². The summed E-state index contributed by atoms with van der Waals surface area (Å²) in [6, 6.07) is 7.93. The van der Waals surface area contributed by atoms with Crippen molar-refractivity contribution in [1.82, 2.24) is 9.78 Å². The lowest BCUT2D eigenvalue weighted by atomic mass is 9.90. The molecule has 0 atom stereocenters. The van der Waals surface area contributed by atoms with Crippen molar-refractivity contribution in [2.24, 2.45) is 12.5 Å². The minimum absolute atomic E-state index is 0.142. The smallest absolute Gasteiger partial charge is 0.129 e. The van der Waals surface area contributed by atoms with Gasteiger partial charge in [0.05, 0.1) is 26.0 Å². The van der Waals surface area contributed by atoms with Crippen LogP contribution in [0.25, 0.3) is 11.1 Å². The Morgan fingerprint density at radius 1 is 1.45 bits per heavy atom. The van der Waals surface area contributed by atoms with Crippen LogP contribution in [0.3, 0.4) is 0 Å². The first kappa shape index (κ1) is 13.0. The normalized spacial score (nSPS) is 16.7. The number of anilines is 1. The van der Waals surface area contributed by atoms with Gasteiger partial charge in [-0.05, 0) is 17.7 Å². The molecule has 1 saturated heterocycles. The number of hydrogen-bond donors (Lipinski definition) is 1. The van der Waals surface area contributed by atoms with Crippen LogP contribution in [0.15, 0.2) is 30.5 Å². The molecule has 1 aromatic carbocycles. The molecule has 3 rings (SSSR count). The highest BCUT2D eigenvalue weighted by Gasteiger charge is 2.34. The zero-order valence-corrected chi connectivity index (χ0v) is 11.8. The first-order valence-corrected chi connectivity index (χ1v) is 6.66. The van der Waals surface area contributed by atoms with E-state index in [4.69, 9.17) is 15.2 Å². The van der Waals surface area contributed by atoms with E-state index in [0.29, 0.717) is 12.4 Å². The molecule has 2 heterocycles. The molecule has 2 N–H and O–H groups in total. The third kappa shape index (κ3) is 2.36. The van der Waals surface area contributed by atoms with Gasteiger partial charge in [0.2, 0.25) is 0 Å². The molecule has 20 heavy (non-hydrogen) atoms. The van der Waals surface area contributed by atoms with E-state index in [2.05, 4.69) is 12.0 Å². The van der Waals surface area contributed by atoms with E-state index in [1.807, 2.05) is 31.3 Å². The van der Waals surface area contributed by atoms with Crippen molar-refractivity contribution in [1.29, 1.82) is 0 Å². The minimum atomic E-state index is 0.142. The fourth-order valence-corrected chi connectivity index (χ4v) is 2.21. The number of ether oxygens (including phenoxy) is 2. The van der Waals surface area contributed by atoms with Crippen LogP contribution in [-0.2, 0) is 11.8 Å². The fraction of sp³-hybridized carbons (Fsp3) is 0.400. The van der Waals surface area contributed by atoms with E-state index in [0.717, 1.165) is 30.1 Å². The largest absolute Gasteiger partial charge is 0.493 e. The van der Waals surface area contributed by atoms with E-state index in [1.54, 1.807) is 10.9 Å². The van der Waals surface area contributed by atoms with E-state index in [1.165, 1.54) is 0 Å². The zero-order valence-electron chi connectivity index (χ0n) is 11.8. The summed E-state index contributed by atoms with van der Waals surface area (Å²) in [6.45, 7) is 4.36. The summed E-state index contributed by atoms with van der Waals surface area (Å²) in [5, 5.41) is 4.16. The molecule has 1 fully saturated rings. The molecule has 0 bridgehead atoms. The maximum Gasteiger partial charge on any atom is 0.129 e. The average molecular weight is 273 g/mol. The maximum absolute atomic E-state index is 6.00. The Kier molecular flexibility index (Phi) is 3.14. The Morgan fingerprint density at radius 3 is 2.85 bits per heavy atom. The van der Waals surface area contributed by atoms with E-state index >= 15 is 0 Å². The van der Waals surface area contributed by atoms with Crippen LogP contribution >= 0.6 is 0 Å². The van der Waals surface area contributed by atoms with Crippen LogP contribution in [0.5, 0.6) is 5.75 Å². The molecule has 0 unspecified atom stereocenters. The Bertz CT molecular complexity index is 617. The number of nitrogens with two attached hydrogens (primary N) is 1. The molecule has 0 saturated carbocycles. The summed E-state index contributed by atoms with van der Waals surface area (Å²) in [7, 11) is 1.83. The third-order valence-corrected chi connectivity index (χ3v) is 3.62. The third-order valence-electron chi connectivity index (χ3n) is 3.62. The van der Waals surface area contributed by atoms with E-state index in [9.17, 15) is 0 Å². The predicted octanol–water partition coefficient (Wildman–Crippen LogP) is 2.08. The molecule has 1 aliphatic heterocycles. The Morgan fingerprint density at radius 2 is 2.25 bits per heavy atom. The number of hydrogen-bond acceptors (Lipinski definition) is 4. The summed E-state index contributed by atoms with van der Waals surface area (Å²) in [6.07, 6.45) is 1.77. The predicted molar refractivity (Wildman–Crippen MR) is 77.5 cm³/mol. The molecular weight excluding hydrogens is 254 g/mol. The number of aromatic nitrogens is 2. The van der Waals surface area contributed by atoms with Crippen LogP contribution in [0.2, 0.25) is 0 Å². The van der Waals surface area contributed by atoms with Crippen molar-refractivity contribution in [2.45, 2.75) is 6.92 Å².